The first-order valence-electron chi connectivity index (χ1n) is 8.57. The van der Waals surface area contributed by atoms with Crippen LogP contribution in [0.1, 0.15) is 76.2 Å². The summed E-state index contributed by atoms with van der Waals surface area (Å²) in [5, 5.41) is 9.83. The predicted molar refractivity (Wildman–Crippen MR) is 109 cm³/mol. The monoisotopic (exact) mass is 446 g/mol. The van der Waals surface area contributed by atoms with Gasteiger partial charge in [-0.2, -0.15) is 0 Å². The van der Waals surface area contributed by atoms with Gasteiger partial charge in [-0.1, -0.05) is 116 Å². The van der Waals surface area contributed by atoms with Gasteiger partial charge in [0.1, 0.15) is 0 Å². The molecule has 0 fully saturated rings. The molecule has 0 bridgehead atoms. The molecule has 0 radical (unpaired) electrons. The summed E-state index contributed by atoms with van der Waals surface area (Å²) in [5.74, 6) is -1.85. The van der Waals surface area contributed by atoms with Gasteiger partial charge < -0.3 is 5.11 Å². The Bertz CT molecular complexity index is 560. The van der Waals surface area contributed by atoms with E-state index in [-0.39, 0.29) is 30.7 Å². The fourth-order valence-electron chi connectivity index (χ4n) is 2.80. The van der Waals surface area contributed by atoms with Crippen molar-refractivity contribution < 1.29 is 9.90 Å². The number of carboxylic acid groups (broad SMARTS) is 1. The Morgan fingerprint density at radius 3 is 1.60 bits per heavy atom. The minimum absolute atomic E-state index is 0.0370. The SMILES string of the molecule is CCCCCCCCCCC(C(=O)O)c1c(Cl)c(Cl)c(Cl)c(Cl)c1Cl. The van der Waals surface area contributed by atoms with Gasteiger partial charge in [0.2, 0.25) is 0 Å². The summed E-state index contributed by atoms with van der Waals surface area (Å²) in [6.45, 7) is 2.19. The van der Waals surface area contributed by atoms with Crippen LogP contribution in [0.3, 0.4) is 0 Å². The first-order valence-corrected chi connectivity index (χ1v) is 10.5. The minimum atomic E-state index is -0.999. The quantitative estimate of drug-likeness (QED) is 0.209. The molecule has 0 heterocycles. The second kappa shape index (κ2) is 11.8. The van der Waals surface area contributed by atoms with Crippen LogP contribution in [0.5, 0.6) is 0 Å². The van der Waals surface area contributed by atoms with Crippen molar-refractivity contribution in [2.45, 2.75) is 70.6 Å². The maximum absolute atomic E-state index is 11.7. The van der Waals surface area contributed by atoms with Crippen LogP contribution in [0.25, 0.3) is 0 Å². The summed E-state index contributed by atoms with van der Waals surface area (Å²) in [5.41, 5.74) is 0.248. The minimum Gasteiger partial charge on any atom is -0.481 e. The lowest BCUT2D eigenvalue weighted by Gasteiger charge is -2.18. The van der Waals surface area contributed by atoms with Crippen molar-refractivity contribution in [3.8, 4) is 0 Å². The lowest BCUT2D eigenvalue weighted by atomic mass is 9.92. The van der Waals surface area contributed by atoms with Gasteiger partial charge in [0.25, 0.3) is 0 Å². The lowest BCUT2D eigenvalue weighted by Crippen LogP contribution is -2.13. The van der Waals surface area contributed by atoms with Gasteiger partial charge in [0, 0.05) is 5.56 Å². The number of benzene rings is 1. The predicted octanol–water partition coefficient (Wildman–Crippen LogP) is 8.65. The Kier molecular flexibility index (Phi) is 10.9. The molecule has 1 aromatic rings. The number of rotatable bonds is 11. The van der Waals surface area contributed by atoms with Crippen LogP contribution in [-0.4, -0.2) is 11.1 Å². The van der Waals surface area contributed by atoms with Gasteiger partial charge in [-0.05, 0) is 6.42 Å². The summed E-state index contributed by atoms with van der Waals surface area (Å²) >= 11 is 30.5. The van der Waals surface area contributed by atoms with Gasteiger partial charge in [-0.25, -0.2) is 0 Å². The zero-order valence-corrected chi connectivity index (χ0v) is 18.0. The zero-order chi connectivity index (χ0) is 19.0. The van der Waals surface area contributed by atoms with E-state index < -0.39 is 11.9 Å². The number of carboxylic acids is 1. The second-order valence-electron chi connectivity index (χ2n) is 6.14. The zero-order valence-electron chi connectivity index (χ0n) is 14.2. The highest BCUT2D eigenvalue weighted by molar-refractivity contribution is 6.55. The Morgan fingerprint density at radius 1 is 0.760 bits per heavy atom. The maximum Gasteiger partial charge on any atom is 0.311 e. The molecular formula is C18H23Cl5O2. The van der Waals surface area contributed by atoms with E-state index in [1.54, 1.807) is 0 Å². The molecule has 1 atom stereocenters. The lowest BCUT2D eigenvalue weighted by molar-refractivity contribution is -0.139. The molecule has 1 aromatic carbocycles. The van der Waals surface area contributed by atoms with Crippen LogP contribution in [0, 0.1) is 0 Å². The van der Waals surface area contributed by atoms with Crippen molar-refractivity contribution >= 4 is 64.0 Å². The average molecular weight is 449 g/mol. The largest absolute Gasteiger partial charge is 0.481 e. The number of unbranched alkanes of at least 4 members (excludes halogenated alkanes) is 7. The molecule has 1 unspecified atom stereocenters. The Morgan fingerprint density at radius 2 is 1.16 bits per heavy atom. The topological polar surface area (TPSA) is 37.3 Å². The maximum atomic E-state index is 11.7. The van der Waals surface area contributed by atoms with Gasteiger partial charge in [0.05, 0.1) is 31.0 Å². The molecule has 2 nitrogen and oxygen atoms in total. The smallest absolute Gasteiger partial charge is 0.311 e. The molecule has 0 saturated carbocycles. The van der Waals surface area contributed by atoms with E-state index >= 15 is 0 Å². The van der Waals surface area contributed by atoms with Crippen molar-refractivity contribution in [1.29, 1.82) is 0 Å². The molecule has 7 heteroatoms. The van der Waals surface area contributed by atoms with Crippen LogP contribution >= 0.6 is 58.0 Å². The highest BCUT2D eigenvalue weighted by Crippen LogP contribution is 2.47. The van der Waals surface area contributed by atoms with Gasteiger partial charge in [0.15, 0.2) is 0 Å². The van der Waals surface area contributed by atoms with Crippen molar-refractivity contribution in [2.75, 3.05) is 0 Å². The van der Waals surface area contributed by atoms with E-state index in [2.05, 4.69) is 6.92 Å². The van der Waals surface area contributed by atoms with Crippen LogP contribution in [0.15, 0.2) is 0 Å². The van der Waals surface area contributed by atoms with E-state index in [9.17, 15) is 9.90 Å². The van der Waals surface area contributed by atoms with Crippen molar-refractivity contribution in [2.24, 2.45) is 0 Å². The fourth-order valence-corrected chi connectivity index (χ4v) is 4.22. The normalized spacial score (nSPS) is 12.4. The third-order valence-corrected chi connectivity index (χ3v) is 6.54. The number of carbonyl (C=O) groups is 1. The van der Waals surface area contributed by atoms with Gasteiger partial charge >= 0.3 is 5.97 Å². The summed E-state index contributed by atoms with van der Waals surface area (Å²) in [6.07, 6.45) is 9.45. The van der Waals surface area contributed by atoms with E-state index in [4.69, 9.17) is 58.0 Å². The summed E-state index contributed by atoms with van der Waals surface area (Å²) < 4.78 is 0. The fraction of sp³-hybridized carbons (Fsp3) is 0.611. The molecule has 0 aliphatic heterocycles. The highest BCUT2D eigenvalue weighted by atomic mass is 35.5. The van der Waals surface area contributed by atoms with Gasteiger partial charge in [-0.15, -0.1) is 0 Å². The Hall–Kier alpha value is 0.140. The molecule has 0 aromatic heterocycles. The van der Waals surface area contributed by atoms with E-state index in [1.165, 1.54) is 32.1 Å². The summed E-state index contributed by atoms with van der Waals surface area (Å²) in [4.78, 5) is 11.7. The number of aliphatic carboxylic acids is 1. The molecular weight excluding hydrogens is 425 g/mol. The molecule has 0 saturated heterocycles. The molecule has 0 spiro atoms. The van der Waals surface area contributed by atoms with Crippen LogP contribution in [-0.2, 0) is 4.79 Å². The first-order chi connectivity index (χ1) is 11.8. The third kappa shape index (κ3) is 6.66. The van der Waals surface area contributed by atoms with Crippen LogP contribution in [0.4, 0.5) is 0 Å². The molecule has 0 aliphatic rings. The van der Waals surface area contributed by atoms with E-state index in [1.807, 2.05) is 0 Å². The summed E-state index contributed by atoms with van der Waals surface area (Å²) in [6, 6.07) is 0. The second-order valence-corrected chi connectivity index (χ2v) is 8.03. The van der Waals surface area contributed by atoms with Crippen LogP contribution in [0.2, 0.25) is 25.1 Å². The Balaban J connectivity index is 2.72. The first kappa shape index (κ1) is 23.2. The van der Waals surface area contributed by atoms with Crippen molar-refractivity contribution in [1.82, 2.24) is 0 Å². The molecule has 0 aliphatic carbocycles. The summed E-state index contributed by atoms with van der Waals surface area (Å²) in [7, 11) is 0. The van der Waals surface area contributed by atoms with Crippen molar-refractivity contribution in [3.05, 3.63) is 30.7 Å². The van der Waals surface area contributed by atoms with Crippen molar-refractivity contribution in [3.63, 3.8) is 0 Å². The number of hydrogen-bond donors (Lipinski definition) is 1. The van der Waals surface area contributed by atoms with Gasteiger partial charge in [-0.3, -0.25) is 4.79 Å². The third-order valence-electron chi connectivity index (χ3n) is 4.24. The number of hydrogen-bond acceptors (Lipinski definition) is 1. The Labute approximate surface area is 174 Å². The van der Waals surface area contributed by atoms with E-state index in [0.717, 1.165) is 19.3 Å². The number of halogens is 5. The standard InChI is InChI=1S/C18H23Cl5O2/c1-2-3-4-5-6-7-8-9-10-11(18(24)25)12-13(19)15(21)17(23)16(22)14(12)20/h11H,2-10H2,1H3,(H,24,25). The van der Waals surface area contributed by atoms with Crippen LogP contribution < -0.4 is 0 Å². The molecule has 25 heavy (non-hydrogen) atoms. The highest BCUT2D eigenvalue weighted by Gasteiger charge is 2.29. The van der Waals surface area contributed by atoms with E-state index in [0.29, 0.717) is 6.42 Å². The molecule has 1 rings (SSSR count). The molecule has 142 valence electrons. The average Bonchev–Trinajstić information content (AvgIpc) is 2.58. The molecule has 1 N–H and O–H groups in total. The molecule has 0 amide bonds.